The minimum atomic E-state index is -0.0542. The lowest BCUT2D eigenvalue weighted by Crippen LogP contribution is -2.47. The van der Waals surface area contributed by atoms with Crippen LogP contribution in [0.5, 0.6) is 0 Å². The zero-order chi connectivity index (χ0) is 14.6. The van der Waals surface area contributed by atoms with Crippen molar-refractivity contribution in [2.75, 3.05) is 7.05 Å². The Bertz CT molecular complexity index is 403. The predicted molar refractivity (Wildman–Crippen MR) is 76.8 cm³/mol. The summed E-state index contributed by atoms with van der Waals surface area (Å²) in [5.41, 5.74) is 1.01. The third kappa shape index (κ3) is 4.58. The van der Waals surface area contributed by atoms with E-state index in [9.17, 15) is 4.79 Å². The fourth-order valence-corrected chi connectivity index (χ4v) is 2.20. The molecule has 0 unspecified atom stereocenters. The van der Waals surface area contributed by atoms with Crippen LogP contribution in [0.25, 0.3) is 0 Å². The van der Waals surface area contributed by atoms with E-state index in [-0.39, 0.29) is 12.1 Å². The average Bonchev–Trinajstić information content (AvgIpc) is 2.70. The largest absolute Gasteiger partial charge is 0.345 e. The van der Waals surface area contributed by atoms with Gasteiger partial charge in [0.1, 0.15) is 5.82 Å². The second kappa shape index (κ2) is 6.59. The van der Waals surface area contributed by atoms with Gasteiger partial charge in [0.25, 0.3) is 0 Å². The van der Waals surface area contributed by atoms with Crippen molar-refractivity contribution in [2.45, 2.75) is 47.2 Å². The summed E-state index contributed by atoms with van der Waals surface area (Å²) in [6.07, 6.45) is 1.77. The van der Waals surface area contributed by atoms with Gasteiger partial charge in [-0.2, -0.15) is 0 Å². The van der Waals surface area contributed by atoms with Crippen LogP contribution in [-0.4, -0.2) is 34.0 Å². The zero-order valence-corrected chi connectivity index (χ0v) is 12.8. The molecule has 5 nitrogen and oxygen atoms in total. The van der Waals surface area contributed by atoms with Gasteiger partial charge in [-0.25, -0.2) is 9.78 Å². The quantitative estimate of drug-likeness (QED) is 0.860. The topological polar surface area (TPSA) is 61.0 Å². The van der Waals surface area contributed by atoms with Crippen LogP contribution in [0.15, 0.2) is 6.20 Å². The lowest BCUT2D eigenvalue weighted by atomic mass is 9.93. The highest BCUT2D eigenvalue weighted by Crippen LogP contribution is 2.12. The first kappa shape index (κ1) is 15.5. The molecule has 0 aliphatic carbocycles. The van der Waals surface area contributed by atoms with E-state index in [1.165, 1.54) is 0 Å². The molecule has 108 valence electrons. The summed E-state index contributed by atoms with van der Waals surface area (Å²) in [5.74, 6) is 1.65. The van der Waals surface area contributed by atoms with Crippen molar-refractivity contribution in [1.29, 1.82) is 0 Å². The number of hydrogen-bond donors (Lipinski definition) is 2. The fourth-order valence-electron chi connectivity index (χ4n) is 2.20. The van der Waals surface area contributed by atoms with Crippen LogP contribution >= 0.6 is 0 Å². The van der Waals surface area contributed by atoms with Crippen LogP contribution in [0.2, 0.25) is 0 Å². The number of imidazole rings is 1. The summed E-state index contributed by atoms with van der Waals surface area (Å²) in [6, 6.07) is 0.134. The number of H-pyrrole nitrogens is 1. The highest BCUT2D eigenvalue weighted by Gasteiger charge is 2.21. The smallest absolute Gasteiger partial charge is 0.317 e. The number of nitrogens with one attached hydrogen (secondary N) is 2. The second-order valence-corrected chi connectivity index (χ2v) is 5.83. The molecule has 1 aromatic rings. The molecule has 0 radical (unpaired) electrons. The number of amides is 2. The van der Waals surface area contributed by atoms with Crippen molar-refractivity contribution >= 4 is 6.03 Å². The molecule has 19 heavy (non-hydrogen) atoms. The van der Waals surface area contributed by atoms with Crippen molar-refractivity contribution in [3.05, 3.63) is 17.7 Å². The van der Waals surface area contributed by atoms with Gasteiger partial charge in [-0.1, -0.05) is 27.7 Å². The molecule has 5 heteroatoms. The molecule has 0 aromatic carbocycles. The number of aryl methyl sites for hydroxylation is 1. The molecule has 0 spiro atoms. The standard InChI is InChI=1S/C14H26N4O/c1-9(2)13(10(3)4)17-14(19)18(6)8-12-15-7-11(5)16-12/h7,9-10,13H,8H2,1-6H3,(H,15,16)(H,17,19). The minimum Gasteiger partial charge on any atom is -0.345 e. The maximum atomic E-state index is 12.1. The SMILES string of the molecule is Cc1cnc(CN(C)C(=O)NC(C(C)C)C(C)C)[nH]1. The Kier molecular flexibility index (Phi) is 5.39. The van der Waals surface area contributed by atoms with E-state index < -0.39 is 0 Å². The molecule has 0 bridgehead atoms. The van der Waals surface area contributed by atoms with Gasteiger partial charge in [0.05, 0.1) is 6.54 Å². The number of aromatic amines is 1. The highest BCUT2D eigenvalue weighted by molar-refractivity contribution is 5.74. The van der Waals surface area contributed by atoms with Gasteiger partial charge in [0.15, 0.2) is 0 Å². The molecule has 0 saturated heterocycles. The molecule has 0 saturated carbocycles. The average molecular weight is 266 g/mol. The van der Waals surface area contributed by atoms with Gasteiger partial charge >= 0.3 is 6.03 Å². The van der Waals surface area contributed by atoms with E-state index in [4.69, 9.17) is 0 Å². The molecular formula is C14H26N4O. The van der Waals surface area contributed by atoms with Gasteiger partial charge in [0, 0.05) is 25.0 Å². The van der Waals surface area contributed by atoms with Crippen LogP contribution < -0.4 is 5.32 Å². The highest BCUT2D eigenvalue weighted by atomic mass is 16.2. The number of rotatable bonds is 5. The van der Waals surface area contributed by atoms with Crippen LogP contribution in [0.1, 0.15) is 39.2 Å². The number of aromatic nitrogens is 2. The summed E-state index contributed by atoms with van der Waals surface area (Å²) in [5, 5.41) is 3.09. The van der Waals surface area contributed by atoms with Crippen LogP contribution in [0.4, 0.5) is 4.79 Å². The number of hydrogen-bond acceptors (Lipinski definition) is 2. The molecule has 0 fully saturated rings. The second-order valence-electron chi connectivity index (χ2n) is 5.83. The fraction of sp³-hybridized carbons (Fsp3) is 0.714. The zero-order valence-electron chi connectivity index (χ0n) is 12.8. The van der Waals surface area contributed by atoms with Crippen LogP contribution in [0, 0.1) is 18.8 Å². The molecular weight excluding hydrogens is 240 g/mol. The lowest BCUT2D eigenvalue weighted by Gasteiger charge is -2.28. The Hall–Kier alpha value is -1.52. The van der Waals surface area contributed by atoms with Crippen molar-refractivity contribution in [3.8, 4) is 0 Å². The van der Waals surface area contributed by atoms with E-state index >= 15 is 0 Å². The molecule has 2 amide bonds. The normalized spacial score (nSPS) is 11.4. The molecule has 2 N–H and O–H groups in total. The first-order valence-corrected chi connectivity index (χ1v) is 6.83. The first-order valence-electron chi connectivity index (χ1n) is 6.83. The molecule has 1 heterocycles. The van der Waals surface area contributed by atoms with Crippen molar-refractivity contribution < 1.29 is 4.79 Å². The number of nitrogens with zero attached hydrogens (tertiary/aromatic N) is 2. The van der Waals surface area contributed by atoms with Gasteiger partial charge in [-0.3, -0.25) is 0 Å². The van der Waals surface area contributed by atoms with E-state index in [0.29, 0.717) is 18.4 Å². The van der Waals surface area contributed by atoms with E-state index in [1.54, 1.807) is 18.1 Å². The summed E-state index contributed by atoms with van der Waals surface area (Å²) < 4.78 is 0. The van der Waals surface area contributed by atoms with Crippen LogP contribution in [0.3, 0.4) is 0 Å². The Morgan fingerprint density at radius 3 is 2.37 bits per heavy atom. The summed E-state index contributed by atoms with van der Waals surface area (Å²) in [7, 11) is 1.78. The molecule has 0 aliphatic rings. The number of carbonyl (C=O) groups is 1. The lowest BCUT2D eigenvalue weighted by molar-refractivity contribution is 0.191. The summed E-state index contributed by atoms with van der Waals surface area (Å²) in [6.45, 7) is 10.9. The van der Waals surface area contributed by atoms with Gasteiger partial charge < -0.3 is 15.2 Å². The molecule has 1 aromatic heterocycles. The Labute approximate surface area is 115 Å². The van der Waals surface area contributed by atoms with Gasteiger partial charge in [0.2, 0.25) is 0 Å². The Balaban J connectivity index is 2.57. The van der Waals surface area contributed by atoms with E-state index in [1.807, 2.05) is 6.92 Å². The summed E-state index contributed by atoms with van der Waals surface area (Å²) >= 11 is 0. The van der Waals surface area contributed by atoms with Crippen molar-refractivity contribution in [2.24, 2.45) is 11.8 Å². The third-order valence-corrected chi connectivity index (χ3v) is 3.22. The van der Waals surface area contributed by atoms with Gasteiger partial charge in [-0.05, 0) is 18.8 Å². The molecule has 0 atom stereocenters. The maximum Gasteiger partial charge on any atom is 0.317 e. The van der Waals surface area contributed by atoms with Gasteiger partial charge in [-0.15, -0.1) is 0 Å². The monoisotopic (exact) mass is 266 g/mol. The van der Waals surface area contributed by atoms with E-state index in [2.05, 4.69) is 43.0 Å². The number of urea groups is 1. The number of carbonyl (C=O) groups excluding carboxylic acids is 1. The van der Waals surface area contributed by atoms with Crippen molar-refractivity contribution in [1.82, 2.24) is 20.2 Å². The van der Waals surface area contributed by atoms with Crippen LogP contribution in [-0.2, 0) is 6.54 Å². The minimum absolute atomic E-state index is 0.0542. The molecule has 0 aliphatic heterocycles. The predicted octanol–water partition coefficient (Wildman–Crippen LogP) is 2.54. The Morgan fingerprint density at radius 2 is 1.95 bits per heavy atom. The van der Waals surface area contributed by atoms with E-state index in [0.717, 1.165) is 11.5 Å². The Morgan fingerprint density at radius 1 is 1.37 bits per heavy atom. The maximum absolute atomic E-state index is 12.1. The third-order valence-electron chi connectivity index (χ3n) is 3.22. The van der Waals surface area contributed by atoms with Crippen molar-refractivity contribution in [3.63, 3.8) is 0 Å². The first-order chi connectivity index (χ1) is 8.81. The molecule has 1 rings (SSSR count). The summed E-state index contributed by atoms with van der Waals surface area (Å²) in [4.78, 5) is 21.1.